The van der Waals surface area contributed by atoms with Crippen LogP contribution in [-0.4, -0.2) is 30.5 Å². The molecule has 0 radical (unpaired) electrons. The van der Waals surface area contributed by atoms with E-state index in [1.807, 2.05) is 79.7 Å². The Hall–Kier alpha value is -1.17. The quantitative estimate of drug-likeness (QED) is 0.646. The Morgan fingerprint density at radius 2 is 1.54 bits per heavy atom. The van der Waals surface area contributed by atoms with Crippen LogP contribution in [-0.2, 0) is 14.0 Å². The van der Waals surface area contributed by atoms with Crippen molar-refractivity contribution in [3.63, 3.8) is 0 Å². The summed E-state index contributed by atoms with van der Waals surface area (Å²) in [6.45, 7) is 16.1. The lowest BCUT2D eigenvalue weighted by Crippen LogP contribution is -2.41. The van der Waals surface area contributed by atoms with Crippen LogP contribution in [0.1, 0.15) is 66.0 Å². The summed E-state index contributed by atoms with van der Waals surface area (Å²) in [5, 5.41) is 0. The summed E-state index contributed by atoms with van der Waals surface area (Å²) in [5.74, 6) is 0. The average molecular weight is 362 g/mol. The first-order valence-electron chi connectivity index (χ1n) is 9.28. The van der Waals surface area contributed by atoms with Gasteiger partial charge in [-0.2, -0.15) is 0 Å². The van der Waals surface area contributed by atoms with E-state index >= 15 is 4.39 Å². The standard InChI is InChI=1S/C21H32BFO3/c1-15-9-11-16(12-10-15)17(13-14-24-19(2,3)4)18(23)22-25-20(5,6)21(7,8)26-22/h9-12H,13-14H2,1-8H3. The van der Waals surface area contributed by atoms with Crippen molar-refractivity contribution in [1.29, 1.82) is 0 Å². The monoisotopic (exact) mass is 362 g/mol. The van der Waals surface area contributed by atoms with Gasteiger partial charge in [-0.05, 0) is 72.9 Å². The average Bonchev–Trinajstić information content (AvgIpc) is 2.71. The van der Waals surface area contributed by atoms with Crippen LogP contribution in [0.15, 0.2) is 30.0 Å². The molecule has 0 aliphatic carbocycles. The van der Waals surface area contributed by atoms with E-state index in [-0.39, 0.29) is 11.3 Å². The fraction of sp³-hybridized carbons (Fsp3) is 0.619. The zero-order valence-corrected chi connectivity index (χ0v) is 17.4. The van der Waals surface area contributed by atoms with Crippen LogP contribution in [0.4, 0.5) is 4.39 Å². The van der Waals surface area contributed by atoms with Gasteiger partial charge in [-0.15, -0.1) is 0 Å². The Labute approximate surface area is 158 Å². The highest BCUT2D eigenvalue weighted by Gasteiger charge is 2.53. The lowest BCUT2D eigenvalue weighted by molar-refractivity contribution is 0.000564. The third kappa shape index (κ3) is 4.96. The van der Waals surface area contributed by atoms with Crippen molar-refractivity contribution in [1.82, 2.24) is 0 Å². The number of benzene rings is 1. The lowest BCUT2D eigenvalue weighted by Gasteiger charge is -2.32. The predicted molar refractivity (Wildman–Crippen MR) is 106 cm³/mol. The fourth-order valence-electron chi connectivity index (χ4n) is 2.70. The molecule has 1 fully saturated rings. The van der Waals surface area contributed by atoms with E-state index in [1.165, 1.54) is 0 Å². The Bertz CT molecular complexity index is 641. The molecule has 1 aromatic carbocycles. The number of ether oxygens (including phenoxy) is 1. The minimum absolute atomic E-state index is 0.265. The predicted octanol–water partition coefficient (Wildman–Crippen LogP) is 5.51. The van der Waals surface area contributed by atoms with Gasteiger partial charge in [0.1, 0.15) is 5.73 Å². The summed E-state index contributed by atoms with van der Waals surface area (Å²) in [7, 11) is -0.995. The van der Waals surface area contributed by atoms with Gasteiger partial charge in [0.15, 0.2) is 0 Å². The summed E-state index contributed by atoms with van der Waals surface area (Å²) in [6, 6.07) is 7.84. The molecular formula is C21H32BFO3. The van der Waals surface area contributed by atoms with E-state index in [1.54, 1.807) is 0 Å². The zero-order chi connectivity index (χ0) is 19.8. The van der Waals surface area contributed by atoms with Crippen molar-refractivity contribution in [2.45, 2.75) is 78.6 Å². The topological polar surface area (TPSA) is 27.7 Å². The normalized spacial score (nSPS) is 20.3. The highest BCUT2D eigenvalue weighted by atomic mass is 19.1. The molecule has 0 N–H and O–H groups in total. The van der Waals surface area contributed by atoms with Crippen molar-refractivity contribution in [3.05, 3.63) is 41.1 Å². The summed E-state index contributed by atoms with van der Waals surface area (Å²) < 4.78 is 33.1. The smallest absolute Gasteiger partial charge is 0.398 e. The largest absolute Gasteiger partial charge is 0.525 e. The summed E-state index contributed by atoms with van der Waals surface area (Å²) in [4.78, 5) is 0. The van der Waals surface area contributed by atoms with Gasteiger partial charge >= 0.3 is 7.12 Å². The van der Waals surface area contributed by atoms with Crippen molar-refractivity contribution in [3.8, 4) is 0 Å². The first-order valence-corrected chi connectivity index (χ1v) is 9.28. The van der Waals surface area contributed by atoms with Gasteiger partial charge in [-0.25, -0.2) is 4.39 Å². The van der Waals surface area contributed by atoms with Gasteiger partial charge in [-0.3, -0.25) is 0 Å². The van der Waals surface area contributed by atoms with E-state index in [9.17, 15) is 0 Å². The highest BCUT2D eigenvalue weighted by molar-refractivity contribution is 6.55. The minimum atomic E-state index is -0.995. The second kappa shape index (κ2) is 7.45. The number of hydrogen-bond acceptors (Lipinski definition) is 3. The van der Waals surface area contributed by atoms with Crippen molar-refractivity contribution in [2.24, 2.45) is 0 Å². The van der Waals surface area contributed by atoms with Crippen LogP contribution < -0.4 is 0 Å². The SMILES string of the molecule is Cc1ccc(C(CCOC(C)(C)C)=C(F)B2OC(C)(C)C(C)(C)O2)cc1. The molecule has 0 unspecified atom stereocenters. The Kier molecular flexibility index (Phi) is 6.06. The molecule has 0 atom stereocenters. The maximum absolute atomic E-state index is 15.4. The van der Waals surface area contributed by atoms with Crippen LogP contribution in [0, 0.1) is 6.92 Å². The third-order valence-corrected chi connectivity index (χ3v) is 5.04. The molecule has 26 heavy (non-hydrogen) atoms. The third-order valence-electron chi connectivity index (χ3n) is 5.04. The molecule has 2 rings (SSSR count). The lowest BCUT2D eigenvalue weighted by atomic mass is 9.81. The van der Waals surface area contributed by atoms with Gasteiger partial charge in [0.05, 0.1) is 23.4 Å². The van der Waals surface area contributed by atoms with E-state index in [0.29, 0.717) is 18.6 Å². The first-order chi connectivity index (χ1) is 11.8. The van der Waals surface area contributed by atoms with Gasteiger partial charge in [0.25, 0.3) is 0 Å². The zero-order valence-electron chi connectivity index (χ0n) is 17.4. The van der Waals surface area contributed by atoms with Crippen molar-refractivity contribution >= 4 is 12.7 Å². The van der Waals surface area contributed by atoms with E-state index in [2.05, 4.69) is 0 Å². The van der Waals surface area contributed by atoms with Gasteiger partial charge in [-0.1, -0.05) is 29.8 Å². The van der Waals surface area contributed by atoms with Crippen molar-refractivity contribution in [2.75, 3.05) is 6.61 Å². The van der Waals surface area contributed by atoms with Crippen LogP contribution in [0.5, 0.6) is 0 Å². The second-order valence-corrected chi connectivity index (χ2v) is 8.99. The molecule has 1 saturated heterocycles. The molecule has 1 aliphatic rings. The molecule has 0 bridgehead atoms. The molecule has 0 aromatic heterocycles. The molecule has 1 heterocycles. The van der Waals surface area contributed by atoms with Crippen molar-refractivity contribution < 1.29 is 18.4 Å². The Balaban J connectivity index is 2.32. The summed E-state index contributed by atoms with van der Waals surface area (Å²) in [6.07, 6.45) is 0.455. The molecule has 144 valence electrons. The molecule has 3 nitrogen and oxygen atoms in total. The van der Waals surface area contributed by atoms with Gasteiger partial charge in [0, 0.05) is 0 Å². The van der Waals surface area contributed by atoms with Crippen LogP contribution >= 0.6 is 0 Å². The molecule has 1 aromatic rings. The number of halogens is 1. The van der Waals surface area contributed by atoms with E-state index in [4.69, 9.17) is 14.0 Å². The number of hydrogen-bond donors (Lipinski definition) is 0. The van der Waals surface area contributed by atoms with E-state index < -0.39 is 18.3 Å². The minimum Gasteiger partial charge on any atom is -0.398 e. The molecule has 1 aliphatic heterocycles. The first kappa shape index (κ1) is 21.1. The fourth-order valence-corrected chi connectivity index (χ4v) is 2.70. The van der Waals surface area contributed by atoms with Crippen LogP contribution in [0.2, 0.25) is 0 Å². The maximum atomic E-state index is 15.4. The molecule has 5 heteroatoms. The molecular weight excluding hydrogens is 330 g/mol. The Morgan fingerprint density at radius 1 is 1.04 bits per heavy atom. The second-order valence-electron chi connectivity index (χ2n) is 8.99. The number of rotatable bonds is 5. The summed E-state index contributed by atoms with van der Waals surface area (Å²) in [5.41, 5.74) is 0.761. The molecule has 0 amide bonds. The van der Waals surface area contributed by atoms with E-state index in [0.717, 1.165) is 11.1 Å². The maximum Gasteiger partial charge on any atom is 0.525 e. The molecule has 0 saturated carbocycles. The Morgan fingerprint density at radius 3 is 2.00 bits per heavy atom. The molecule has 0 spiro atoms. The van der Waals surface area contributed by atoms with Crippen LogP contribution in [0.3, 0.4) is 0 Å². The number of aryl methyl sites for hydroxylation is 1. The van der Waals surface area contributed by atoms with Gasteiger partial charge < -0.3 is 14.0 Å². The summed E-state index contributed by atoms with van der Waals surface area (Å²) >= 11 is 0. The van der Waals surface area contributed by atoms with Gasteiger partial charge in [0.2, 0.25) is 0 Å². The highest BCUT2D eigenvalue weighted by Crippen LogP contribution is 2.40. The van der Waals surface area contributed by atoms with Crippen LogP contribution in [0.25, 0.3) is 5.57 Å².